The fraction of sp³-hybridized carbons (Fsp3) is 0.154. The van der Waals surface area contributed by atoms with E-state index in [2.05, 4.69) is 4.98 Å². The maximum atomic E-state index is 13.4. The maximum absolute atomic E-state index is 13.4. The molecule has 0 saturated carbocycles. The molecular weight excluding hydrogens is 221 g/mol. The summed E-state index contributed by atoms with van der Waals surface area (Å²) < 4.78 is 18.9. The minimum atomic E-state index is -0.419. The molecule has 3 nitrogen and oxygen atoms in total. The fourth-order valence-corrected chi connectivity index (χ4v) is 1.42. The highest BCUT2D eigenvalue weighted by Crippen LogP contribution is 2.25. The Labute approximate surface area is 98.5 Å². The quantitative estimate of drug-likeness (QED) is 0.886. The highest BCUT2D eigenvalue weighted by Gasteiger charge is 2.05. The van der Waals surface area contributed by atoms with E-state index in [1.807, 2.05) is 6.92 Å². The normalized spacial score (nSPS) is 10.3. The monoisotopic (exact) mass is 233 g/mol. The van der Waals surface area contributed by atoms with Crippen molar-refractivity contribution in [1.82, 2.24) is 4.98 Å². The van der Waals surface area contributed by atoms with Gasteiger partial charge in [-0.15, -0.1) is 0 Å². The Kier molecular flexibility index (Phi) is 3.35. The molecule has 1 heterocycles. The summed E-state index contributed by atoms with van der Waals surface area (Å²) in [6.07, 6.45) is 1.51. The molecule has 0 radical (unpaired) electrons. The van der Waals surface area contributed by atoms with Gasteiger partial charge >= 0.3 is 0 Å². The summed E-state index contributed by atoms with van der Waals surface area (Å²) in [4.78, 5) is 3.92. The molecule has 0 saturated heterocycles. The molecule has 0 bridgehead atoms. The van der Waals surface area contributed by atoms with Crippen LogP contribution >= 0.6 is 0 Å². The molecule has 0 aliphatic rings. The summed E-state index contributed by atoms with van der Waals surface area (Å²) in [7, 11) is 0. The van der Waals surface area contributed by atoms with Gasteiger partial charge in [-0.3, -0.25) is 4.98 Å². The van der Waals surface area contributed by atoms with Crippen molar-refractivity contribution in [1.29, 1.82) is 0 Å². The highest BCUT2D eigenvalue weighted by atomic mass is 19.1. The number of aliphatic hydroxyl groups is 1. The number of aromatic nitrogens is 1. The van der Waals surface area contributed by atoms with E-state index < -0.39 is 5.82 Å². The first-order chi connectivity index (χ1) is 8.19. The standard InChI is InChI=1S/C13H12FNO2/c1-9-2-3-12(14)13(6-9)17-11-4-5-15-10(7-11)8-16/h2-7,16H,8H2,1H3. The van der Waals surface area contributed by atoms with Gasteiger partial charge in [0.05, 0.1) is 12.3 Å². The second-order valence-corrected chi connectivity index (χ2v) is 3.68. The van der Waals surface area contributed by atoms with Crippen LogP contribution in [-0.4, -0.2) is 10.1 Å². The lowest BCUT2D eigenvalue weighted by molar-refractivity contribution is 0.276. The predicted octanol–water partition coefficient (Wildman–Crippen LogP) is 2.81. The molecule has 0 unspecified atom stereocenters. The zero-order chi connectivity index (χ0) is 12.3. The van der Waals surface area contributed by atoms with Gasteiger partial charge in [-0.2, -0.15) is 0 Å². The summed E-state index contributed by atoms with van der Waals surface area (Å²) in [6, 6.07) is 7.84. The molecule has 17 heavy (non-hydrogen) atoms. The van der Waals surface area contributed by atoms with E-state index in [9.17, 15) is 4.39 Å². The number of rotatable bonds is 3. The van der Waals surface area contributed by atoms with Crippen molar-refractivity contribution in [2.75, 3.05) is 0 Å². The molecule has 1 aromatic carbocycles. The number of aliphatic hydroxyl groups excluding tert-OH is 1. The number of nitrogens with zero attached hydrogens (tertiary/aromatic N) is 1. The van der Waals surface area contributed by atoms with Gasteiger partial charge in [0.15, 0.2) is 11.6 Å². The molecule has 0 amide bonds. The van der Waals surface area contributed by atoms with Gasteiger partial charge in [-0.05, 0) is 30.7 Å². The number of hydrogen-bond donors (Lipinski definition) is 1. The molecular formula is C13H12FNO2. The first kappa shape index (κ1) is 11.5. The molecule has 0 aliphatic heterocycles. The summed E-state index contributed by atoms with van der Waals surface area (Å²) in [5.41, 5.74) is 1.40. The van der Waals surface area contributed by atoms with Crippen molar-refractivity contribution >= 4 is 0 Å². The third-order valence-electron chi connectivity index (χ3n) is 2.26. The Morgan fingerprint density at radius 2 is 2.12 bits per heavy atom. The summed E-state index contributed by atoms with van der Waals surface area (Å²) in [6.45, 7) is 1.69. The number of benzene rings is 1. The van der Waals surface area contributed by atoms with E-state index in [0.717, 1.165) is 5.56 Å². The van der Waals surface area contributed by atoms with Gasteiger partial charge in [0.25, 0.3) is 0 Å². The molecule has 4 heteroatoms. The molecule has 0 spiro atoms. The summed E-state index contributed by atoms with van der Waals surface area (Å²) in [5.74, 6) is 0.201. The average Bonchev–Trinajstić information content (AvgIpc) is 2.34. The Morgan fingerprint density at radius 1 is 1.29 bits per heavy atom. The van der Waals surface area contributed by atoms with E-state index in [4.69, 9.17) is 9.84 Å². The lowest BCUT2D eigenvalue weighted by Gasteiger charge is -2.08. The molecule has 2 aromatic rings. The van der Waals surface area contributed by atoms with Crippen molar-refractivity contribution in [3.63, 3.8) is 0 Å². The molecule has 2 rings (SSSR count). The zero-order valence-corrected chi connectivity index (χ0v) is 9.35. The molecule has 0 aliphatic carbocycles. The Hall–Kier alpha value is -1.94. The van der Waals surface area contributed by atoms with Crippen molar-refractivity contribution in [3.05, 3.63) is 53.6 Å². The van der Waals surface area contributed by atoms with Crippen LogP contribution in [0.25, 0.3) is 0 Å². The van der Waals surface area contributed by atoms with Gasteiger partial charge in [-0.25, -0.2) is 4.39 Å². The smallest absolute Gasteiger partial charge is 0.165 e. The van der Waals surface area contributed by atoms with Crippen molar-refractivity contribution in [3.8, 4) is 11.5 Å². The summed E-state index contributed by atoms with van der Waals surface area (Å²) >= 11 is 0. The van der Waals surface area contributed by atoms with E-state index in [1.165, 1.54) is 12.3 Å². The van der Waals surface area contributed by atoms with E-state index in [1.54, 1.807) is 24.3 Å². The molecule has 0 fully saturated rings. The number of pyridine rings is 1. The molecule has 1 N–H and O–H groups in total. The second kappa shape index (κ2) is 4.93. The second-order valence-electron chi connectivity index (χ2n) is 3.68. The van der Waals surface area contributed by atoms with Crippen LogP contribution in [0.4, 0.5) is 4.39 Å². The Balaban J connectivity index is 2.27. The van der Waals surface area contributed by atoms with Crippen LogP contribution in [0.5, 0.6) is 11.5 Å². The van der Waals surface area contributed by atoms with Crippen LogP contribution in [0, 0.1) is 12.7 Å². The number of halogens is 1. The lowest BCUT2D eigenvalue weighted by Crippen LogP contribution is -1.92. The third-order valence-corrected chi connectivity index (χ3v) is 2.26. The fourth-order valence-electron chi connectivity index (χ4n) is 1.42. The number of aryl methyl sites for hydroxylation is 1. The van der Waals surface area contributed by atoms with Crippen molar-refractivity contribution in [2.45, 2.75) is 13.5 Å². The van der Waals surface area contributed by atoms with Gasteiger partial charge in [0.1, 0.15) is 5.75 Å². The zero-order valence-electron chi connectivity index (χ0n) is 9.35. The van der Waals surface area contributed by atoms with Crippen LogP contribution in [0.15, 0.2) is 36.5 Å². The van der Waals surface area contributed by atoms with Gasteiger partial charge < -0.3 is 9.84 Å². The first-order valence-electron chi connectivity index (χ1n) is 5.19. The minimum Gasteiger partial charge on any atom is -0.454 e. The van der Waals surface area contributed by atoms with Crippen LogP contribution in [0.1, 0.15) is 11.3 Å². The number of hydrogen-bond acceptors (Lipinski definition) is 3. The largest absolute Gasteiger partial charge is 0.454 e. The van der Waals surface area contributed by atoms with Gasteiger partial charge in [-0.1, -0.05) is 6.07 Å². The molecule has 88 valence electrons. The molecule has 0 atom stereocenters. The number of ether oxygens (including phenoxy) is 1. The highest BCUT2D eigenvalue weighted by molar-refractivity contribution is 5.34. The van der Waals surface area contributed by atoms with Gasteiger partial charge in [0.2, 0.25) is 0 Å². The lowest BCUT2D eigenvalue weighted by atomic mass is 10.2. The van der Waals surface area contributed by atoms with Gasteiger partial charge in [0, 0.05) is 12.3 Å². The van der Waals surface area contributed by atoms with E-state index >= 15 is 0 Å². The SMILES string of the molecule is Cc1ccc(F)c(Oc2ccnc(CO)c2)c1. The van der Waals surface area contributed by atoms with E-state index in [0.29, 0.717) is 11.4 Å². The maximum Gasteiger partial charge on any atom is 0.165 e. The average molecular weight is 233 g/mol. The first-order valence-corrected chi connectivity index (χ1v) is 5.19. The summed E-state index contributed by atoms with van der Waals surface area (Å²) in [5, 5.41) is 8.93. The van der Waals surface area contributed by atoms with Crippen LogP contribution in [0.3, 0.4) is 0 Å². The third kappa shape index (κ3) is 2.79. The van der Waals surface area contributed by atoms with Crippen LogP contribution in [0.2, 0.25) is 0 Å². The molecule has 1 aromatic heterocycles. The topological polar surface area (TPSA) is 42.4 Å². The predicted molar refractivity (Wildman–Crippen MR) is 61.4 cm³/mol. The van der Waals surface area contributed by atoms with Crippen LogP contribution < -0.4 is 4.74 Å². The Morgan fingerprint density at radius 3 is 2.88 bits per heavy atom. The Bertz CT molecular complexity index is 529. The van der Waals surface area contributed by atoms with E-state index in [-0.39, 0.29) is 12.4 Å². The van der Waals surface area contributed by atoms with Crippen molar-refractivity contribution in [2.24, 2.45) is 0 Å². The minimum absolute atomic E-state index is 0.167. The van der Waals surface area contributed by atoms with Crippen LogP contribution in [-0.2, 0) is 6.61 Å². The van der Waals surface area contributed by atoms with Crippen molar-refractivity contribution < 1.29 is 14.2 Å².